The Labute approximate surface area is 143 Å². The molecule has 1 fully saturated rings. The molecule has 1 aliphatic rings. The van der Waals surface area contributed by atoms with Crippen LogP contribution in [0.5, 0.6) is 0 Å². The van der Waals surface area contributed by atoms with E-state index in [-0.39, 0.29) is 29.6 Å². The third-order valence-electron chi connectivity index (χ3n) is 3.78. The first-order chi connectivity index (χ1) is 11.2. The lowest BCUT2D eigenvalue weighted by molar-refractivity contribution is -0.121. The number of nitrogens with zero attached hydrogens (tertiary/aromatic N) is 2. The summed E-state index contributed by atoms with van der Waals surface area (Å²) >= 11 is 0. The average Bonchev–Trinajstić information content (AvgIpc) is 2.46. The van der Waals surface area contributed by atoms with Gasteiger partial charge in [-0.15, -0.1) is 0 Å². The van der Waals surface area contributed by atoms with Gasteiger partial charge in [0.1, 0.15) is 0 Å². The lowest BCUT2D eigenvalue weighted by Gasteiger charge is -2.34. The van der Waals surface area contributed by atoms with Gasteiger partial charge in [0.05, 0.1) is 23.6 Å². The molecule has 0 spiro atoms. The largest absolute Gasteiger partial charge is 0.373 e. The molecule has 1 aromatic carbocycles. The monoisotopic (exact) mass is 355 g/mol. The molecule has 2 unspecified atom stereocenters. The minimum Gasteiger partial charge on any atom is -0.373 e. The molecule has 0 aromatic heterocycles. The predicted octanol–water partition coefficient (Wildman–Crippen LogP) is 0.985. The van der Waals surface area contributed by atoms with Crippen molar-refractivity contribution in [3.05, 3.63) is 24.3 Å². The van der Waals surface area contributed by atoms with E-state index >= 15 is 0 Å². The molecule has 0 aliphatic carbocycles. The second-order valence-electron chi connectivity index (χ2n) is 6.31. The molecule has 1 N–H and O–H groups in total. The molecule has 8 heteroatoms. The molecule has 2 atom stereocenters. The fraction of sp³-hybridized carbons (Fsp3) is 0.562. The van der Waals surface area contributed by atoms with E-state index in [1.165, 1.54) is 26.2 Å². The number of rotatable bonds is 5. The van der Waals surface area contributed by atoms with Crippen molar-refractivity contribution < 1.29 is 17.9 Å². The molecule has 134 valence electrons. The summed E-state index contributed by atoms with van der Waals surface area (Å²) < 4.78 is 30.8. The molecule has 1 aromatic rings. The first kappa shape index (κ1) is 18.9. The zero-order valence-corrected chi connectivity index (χ0v) is 15.3. The fourth-order valence-corrected chi connectivity index (χ4v) is 3.64. The number of anilines is 1. The Bertz CT molecular complexity index is 663. The Hall–Kier alpha value is -1.48. The smallest absolute Gasteiger partial charge is 0.242 e. The Kier molecular flexibility index (Phi) is 5.97. The third-order valence-corrected chi connectivity index (χ3v) is 5.61. The highest BCUT2D eigenvalue weighted by Crippen LogP contribution is 2.17. The molecule has 1 saturated heterocycles. The van der Waals surface area contributed by atoms with Gasteiger partial charge in [0.25, 0.3) is 0 Å². The van der Waals surface area contributed by atoms with E-state index in [0.717, 1.165) is 17.4 Å². The van der Waals surface area contributed by atoms with Gasteiger partial charge in [0.2, 0.25) is 15.9 Å². The second kappa shape index (κ2) is 7.60. The van der Waals surface area contributed by atoms with Crippen molar-refractivity contribution in [3.8, 4) is 0 Å². The van der Waals surface area contributed by atoms with Gasteiger partial charge in [-0.05, 0) is 38.1 Å². The predicted molar refractivity (Wildman–Crippen MR) is 92.4 cm³/mol. The maximum atomic E-state index is 12.2. The minimum atomic E-state index is -3.46. The number of sulfonamides is 1. The van der Waals surface area contributed by atoms with E-state index in [1.54, 1.807) is 12.1 Å². The Morgan fingerprint density at radius 2 is 1.75 bits per heavy atom. The summed E-state index contributed by atoms with van der Waals surface area (Å²) in [6, 6.07) is 6.17. The molecule has 0 radical (unpaired) electrons. The number of morpholine rings is 1. The summed E-state index contributed by atoms with van der Waals surface area (Å²) in [7, 11) is -0.496. The normalized spacial score (nSPS) is 22.5. The SMILES string of the molecule is CC1CN(CC(=O)Nc2ccc(S(=O)(=O)N(C)C)cc2)CC(C)O1. The van der Waals surface area contributed by atoms with Crippen LogP contribution in [-0.4, -0.2) is 69.5 Å². The number of carbonyl (C=O) groups excluding carboxylic acids is 1. The maximum absolute atomic E-state index is 12.2. The van der Waals surface area contributed by atoms with E-state index in [2.05, 4.69) is 10.2 Å². The third kappa shape index (κ3) is 4.76. The van der Waals surface area contributed by atoms with Gasteiger partial charge in [-0.2, -0.15) is 0 Å². The summed E-state index contributed by atoms with van der Waals surface area (Å²) in [6.07, 6.45) is 0.217. The summed E-state index contributed by atoms with van der Waals surface area (Å²) in [5.41, 5.74) is 0.576. The van der Waals surface area contributed by atoms with Crippen molar-refractivity contribution >= 4 is 21.6 Å². The Morgan fingerprint density at radius 3 is 2.25 bits per heavy atom. The van der Waals surface area contributed by atoms with Crippen LogP contribution in [0.2, 0.25) is 0 Å². The van der Waals surface area contributed by atoms with Crippen LogP contribution in [0.3, 0.4) is 0 Å². The summed E-state index contributed by atoms with van der Waals surface area (Å²) in [6.45, 7) is 5.71. The number of benzene rings is 1. The molecule has 1 heterocycles. The van der Waals surface area contributed by atoms with Gasteiger partial charge < -0.3 is 10.1 Å². The first-order valence-corrected chi connectivity index (χ1v) is 9.32. The van der Waals surface area contributed by atoms with Gasteiger partial charge in [0.15, 0.2) is 0 Å². The molecule has 2 rings (SSSR count). The second-order valence-corrected chi connectivity index (χ2v) is 8.46. The number of hydrogen-bond donors (Lipinski definition) is 1. The Morgan fingerprint density at radius 1 is 1.21 bits per heavy atom. The zero-order chi connectivity index (χ0) is 17.9. The van der Waals surface area contributed by atoms with Crippen LogP contribution < -0.4 is 5.32 Å². The van der Waals surface area contributed by atoms with Gasteiger partial charge >= 0.3 is 0 Å². The highest BCUT2D eigenvalue weighted by molar-refractivity contribution is 7.89. The van der Waals surface area contributed by atoms with Crippen molar-refractivity contribution in [2.75, 3.05) is 39.0 Å². The topological polar surface area (TPSA) is 79.0 Å². The molecular weight excluding hydrogens is 330 g/mol. The number of carbonyl (C=O) groups is 1. The zero-order valence-electron chi connectivity index (χ0n) is 14.5. The Balaban J connectivity index is 1.95. The number of amides is 1. The number of hydrogen-bond acceptors (Lipinski definition) is 5. The minimum absolute atomic E-state index is 0.108. The van der Waals surface area contributed by atoms with Crippen molar-refractivity contribution in [2.45, 2.75) is 31.0 Å². The van der Waals surface area contributed by atoms with E-state index in [9.17, 15) is 13.2 Å². The summed E-state index contributed by atoms with van der Waals surface area (Å²) in [5.74, 6) is -0.125. The van der Waals surface area contributed by atoms with Crippen LogP contribution in [0.1, 0.15) is 13.8 Å². The van der Waals surface area contributed by atoms with Crippen LogP contribution in [0.15, 0.2) is 29.2 Å². The lowest BCUT2D eigenvalue weighted by atomic mass is 10.2. The maximum Gasteiger partial charge on any atom is 0.242 e. The molecular formula is C16H25N3O4S. The van der Waals surface area contributed by atoms with Crippen LogP contribution in [0.25, 0.3) is 0 Å². The first-order valence-electron chi connectivity index (χ1n) is 7.88. The van der Waals surface area contributed by atoms with Gasteiger partial charge in [-0.3, -0.25) is 9.69 Å². The molecule has 0 bridgehead atoms. The van der Waals surface area contributed by atoms with E-state index in [0.29, 0.717) is 5.69 Å². The van der Waals surface area contributed by atoms with Crippen molar-refractivity contribution in [1.82, 2.24) is 9.21 Å². The highest BCUT2D eigenvalue weighted by atomic mass is 32.2. The number of nitrogens with one attached hydrogen (secondary N) is 1. The molecule has 0 saturated carbocycles. The lowest BCUT2D eigenvalue weighted by Crippen LogP contribution is -2.48. The van der Waals surface area contributed by atoms with Gasteiger partial charge in [-0.25, -0.2) is 12.7 Å². The van der Waals surface area contributed by atoms with Crippen LogP contribution in [0.4, 0.5) is 5.69 Å². The highest BCUT2D eigenvalue weighted by Gasteiger charge is 2.23. The molecule has 1 amide bonds. The van der Waals surface area contributed by atoms with E-state index in [4.69, 9.17) is 4.74 Å². The standard InChI is InChI=1S/C16H25N3O4S/c1-12-9-19(10-13(2)23-12)11-16(20)17-14-5-7-15(8-6-14)24(21,22)18(3)4/h5-8,12-13H,9-11H2,1-4H3,(H,17,20). The van der Waals surface area contributed by atoms with Crippen molar-refractivity contribution in [1.29, 1.82) is 0 Å². The van der Waals surface area contributed by atoms with Crippen LogP contribution in [0, 0.1) is 0 Å². The van der Waals surface area contributed by atoms with E-state index in [1.807, 2.05) is 13.8 Å². The van der Waals surface area contributed by atoms with Gasteiger partial charge in [0, 0.05) is 32.9 Å². The molecule has 7 nitrogen and oxygen atoms in total. The van der Waals surface area contributed by atoms with Crippen molar-refractivity contribution in [2.24, 2.45) is 0 Å². The van der Waals surface area contributed by atoms with E-state index < -0.39 is 10.0 Å². The molecule has 24 heavy (non-hydrogen) atoms. The van der Waals surface area contributed by atoms with Gasteiger partial charge in [-0.1, -0.05) is 0 Å². The summed E-state index contributed by atoms with van der Waals surface area (Å²) in [5, 5.41) is 2.80. The average molecular weight is 355 g/mol. The summed E-state index contributed by atoms with van der Waals surface area (Å²) in [4.78, 5) is 14.4. The van der Waals surface area contributed by atoms with Crippen LogP contribution >= 0.6 is 0 Å². The van der Waals surface area contributed by atoms with Crippen molar-refractivity contribution in [3.63, 3.8) is 0 Å². The quantitative estimate of drug-likeness (QED) is 0.852. The fourth-order valence-electron chi connectivity index (χ4n) is 2.74. The molecule has 1 aliphatic heterocycles. The number of ether oxygens (including phenoxy) is 1. The van der Waals surface area contributed by atoms with Crippen LogP contribution in [-0.2, 0) is 19.6 Å².